The molecule has 2 unspecified atom stereocenters. The van der Waals surface area contributed by atoms with Crippen molar-refractivity contribution in [1.29, 1.82) is 0 Å². The van der Waals surface area contributed by atoms with Crippen LogP contribution in [0.25, 0.3) is 0 Å². The molecule has 1 aliphatic rings. The number of allylic oxidation sites excluding steroid dienone is 4. The summed E-state index contributed by atoms with van der Waals surface area (Å²) in [5.41, 5.74) is 0. The Balaban J connectivity index is 2.37. The molecule has 1 heterocycles. The summed E-state index contributed by atoms with van der Waals surface area (Å²) in [6.07, 6.45) is 28.9. The van der Waals surface area contributed by atoms with Gasteiger partial charge in [0.05, 0.1) is 13.2 Å². The Labute approximate surface area is 322 Å². The van der Waals surface area contributed by atoms with Crippen molar-refractivity contribution in [2.45, 2.75) is 218 Å². The van der Waals surface area contributed by atoms with Gasteiger partial charge in [0.2, 0.25) is 0 Å². The normalized spacial score (nSPS) is 21.1. The molecule has 4 N–H and O–H groups in total. The van der Waals surface area contributed by atoms with Crippen LogP contribution in [0.1, 0.15) is 181 Å². The molecule has 0 radical (unpaired) electrons. The van der Waals surface area contributed by atoms with Crippen LogP contribution in [0.2, 0.25) is 0 Å². The predicted octanol–water partition coefficient (Wildman–Crippen LogP) is 8.55. The third-order valence-electron chi connectivity index (χ3n) is 9.81. The number of carbonyl (C=O) groups excluding carboxylic acids is 2. The van der Waals surface area contributed by atoms with Crippen LogP contribution in [0.4, 0.5) is 0 Å². The number of ether oxygens (including phenoxy) is 4. The van der Waals surface area contributed by atoms with E-state index in [1.165, 1.54) is 70.6 Å². The van der Waals surface area contributed by atoms with Gasteiger partial charge in [-0.15, -0.1) is 0 Å². The first kappa shape index (κ1) is 49.2. The number of aliphatic hydroxyl groups excluding tert-OH is 4. The third kappa shape index (κ3) is 26.6. The van der Waals surface area contributed by atoms with E-state index in [0.29, 0.717) is 12.8 Å². The van der Waals surface area contributed by atoms with Crippen LogP contribution in [0.3, 0.4) is 0 Å². The Hall–Kier alpha value is -1.82. The maximum absolute atomic E-state index is 12.7. The predicted molar refractivity (Wildman–Crippen MR) is 210 cm³/mol. The summed E-state index contributed by atoms with van der Waals surface area (Å²) in [4.78, 5) is 25.2. The highest BCUT2D eigenvalue weighted by Crippen LogP contribution is 2.22. The van der Waals surface area contributed by atoms with Crippen molar-refractivity contribution in [1.82, 2.24) is 0 Å². The lowest BCUT2D eigenvalue weighted by Crippen LogP contribution is -2.59. The highest BCUT2D eigenvalue weighted by atomic mass is 16.7. The van der Waals surface area contributed by atoms with E-state index in [9.17, 15) is 30.0 Å². The molecule has 0 saturated carbocycles. The molecule has 0 aromatic heterocycles. The Bertz CT molecular complexity index is 923. The van der Waals surface area contributed by atoms with Crippen molar-refractivity contribution in [2.75, 3.05) is 19.8 Å². The summed E-state index contributed by atoms with van der Waals surface area (Å²) in [6.45, 7) is 3.38. The van der Waals surface area contributed by atoms with Crippen molar-refractivity contribution < 1.29 is 49.0 Å². The second kappa shape index (κ2) is 34.7. The minimum absolute atomic E-state index is 0.220. The van der Waals surface area contributed by atoms with Crippen LogP contribution in [0.5, 0.6) is 0 Å². The molecule has 1 aliphatic heterocycles. The maximum Gasteiger partial charge on any atom is 0.306 e. The molecule has 0 amide bonds. The minimum Gasteiger partial charge on any atom is -0.462 e. The molecule has 310 valence electrons. The average Bonchev–Trinajstić information content (AvgIpc) is 3.15. The summed E-state index contributed by atoms with van der Waals surface area (Å²) < 4.78 is 22.1. The maximum atomic E-state index is 12.7. The van der Waals surface area contributed by atoms with Crippen LogP contribution in [-0.4, -0.2) is 89.0 Å². The van der Waals surface area contributed by atoms with E-state index in [4.69, 9.17) is 18.9 Å². The van der Waals surface area contributed by atoms with E-state index < -0.39 is 49.4 Å². The van der Waals surface area contributed by atoms with E-state index in [2.05, 4.69) is 38.2 Å². The summed E-state index contributed by atoms with van der Waals surface area (Å²) in [7, 11) is 0. The Kier molecular flexibility index (Phi) is 32.2. The Morgan fingerprint density at radius 1 is 0.566 bits per heavy atom. The molecule has 0 spiro atoms. The highest BCUT2D eigenvalue weighted by Gasteiger charge is 2.44. The SMILES string of the molecule is CCCCCCC/C=C/CCCCCCCC(=O)OC[C@@H](CO[C@H]1O[C@@H](CO)[C@@H](O)C(O)C1O)OC(=O)CCCCCCC/C=C/CCCCCCC. The van der Waals surface area contributed by atoms with Gasteiger partial charge in [-0.05, 0) is 64.2 Å². The van der Waals surface area contributed by atoms with E-state index >= 15 is 0 Å². The first-order valence-corrected chi connectivity index (χ1v) is 21.4. The van der Waals surface area contributed by atoms with Gasteiger partial charge in [0.15, 0.2) is 12.4 Å². The van der Waals surface area contributed by atoms with Gasteiger partial charge in [0.1, 0.15) is 31.0 Å². The van der Waals surface area contributed by atoms with Gasteiger partial charge in [-0.25, -0.2) is 0 Å². The molecule has 1 saturated heterocycles. The summed E-state index contributed by atoms with van der Waals surface area (Å²) in [6, 6.07) is 0. The molecule has 10 nitrogen and oxygen atoms in total. The summed E-state index contributed by atoms with van der Waals surface area (Å²) >= 11 is 0. The molecule has 53 heavy (non-hydrogen) atoms. The fourth-order valence-electron chi connectivity index (χ4n) is 6.35. The zero-order valence-electron chi connectivity index (χ0n) is 33.5. The summed E-state index contributed by atoms with van der Waals surface area (Å²) in [5.74, 6) is -0.824. The van der Waals surface area contributed by atoms with Crippen molar-refractivity contribution in [3.63, 3.8) is 0 Å². The number of unbranched alkanes of at least 4 members (excludes halogenated alkanes) is 20. The standard InChI is InChI=1S/C43H78O10/c1-3-5-7-9-11-13-15-17-19-21-23-25-27-29-31-38(45)50-34-36(35-51-43-42(49)41(48)40(47)37(33-44)53-43)52-39(46)32-30-28-26-24-22-20-18-16-14-12-10-8-6-4-2/h15-18,36-37,40-44,47-49H,3-14,19-35H2,1-2H3/b17-15+,18-16+/t36-,37-,40+,41?,42?,43-/m0/s1. The number of rotatable bonds is 35. The average molecular weight is 755 g/mol. The molecule has 0 aromatic carbocycles. The number of carbonyl (C=O) groups is 2. The zero-order valence-corrected chi connectivity index (χ0v) is 33.5. The summed E-state index contributed by atoms with van der Waals surface area (Å²) in [5, 5.41) is 40.0. The molecule has 10 heteroatoms. The van der Waals surface area contributed by atoms with Crippen molar-refractivity contribution in [3.05, 3.63) is 24.3 Å². The molecule has 1 rings (SSSR count). The van der Waals surface area contributed by atoms with Gasteiger partial charge in [-0.3, -0.25) is 9.59 Å². The van der Waals surface area contributed by atoms with Gasteiger partial charge < -0.3 is 39.4 Å². The number of esters is 2. The van der Waals surface area contributed by atoms with Gasteiger partial charge in [0, 0.05) is 12.8 Å². The molecule has 1 fully saturated rings. The Morgan fingerprint density at radius 3 is 1.47 bits per heavy atom. The smallest absolute Gasteiger partial charge is 0.306 e. The fourth-order valence-corrected chi connectivity index (χ4v) is 6.35. The lowest BCUT2D eigenvalue weighted by molar-refractivity contribution is -0.305. The number of hydrogen-bond donors (Lipinski definition) is 4. The fraction of sp³-hybridized carbons (Fsp3) is 0.860. The topological polar surface area (TPSA) is 152 Å². The largest absolute Gasteiger partial charge is 0.462 e. The minimum atomic E-state index is -1.59. The molecule has 0 bridgehead atoms. The number of aliphatic hydroxyl groups is 4. The first-order chi connectivity index (χ1) is 25.8. The van der Waals surface area contributed by atoms with E-state index in [1.807, 2.05) is 0 Å². The van der Waals surface area contributed by atoms with E-state index in [1.54, 1.807) is 0 Å². The third-order valence-corrected chi connectivity index (χ3v) is 9.81. The second-order valence-corrected chi connectivity index (χ2v) is 14.8. The zero-order chi connectivity index (χ0) is 38.8. The lowest BCUT2D eigenvalue weighted by Gasteiger charge is -2.39. The quantitative estimate of drug-likeness (QED) is 0.0281. The van der Waals surface area contributed by atoms with Crippen LogP contribution < -0.4 is 0 Å². The van der Waals surface area contributed by atoms with Crippen molar-refractivity contribution in [2.24, 2.45) is 0 Å². The molecule has 6 atom stereocenters. The van der Waals surface area contributed by atoms with Crippen LogP contribution in [0.15, 0.2) is 24.3 Å². The molecular formula is C43H78O10. The van der Waals surface area contributed by atoms with Crippen molar-refractivity contribution in [3.8, 4) is 0 Å². The van der Waals surface area contributed by atoms with Crippen molar-refractivity contribution >= 4 is 11.9 Å². The monoisotopic (exact) mass is 755 g/mol. The van der Waals surface area contributed by atoms with Gasteiger partial charge >= 0.3 is 11.9 Å². The van der Waals surface area contributed by atoms with Crippen LogP contribution in [0, 0.1) is 0 Å². The van der Waals surface area contributed by atoms with Gasteiger partial charge in [-0.2, -0.15) is 0 Å². The lowest BCUT2D eigenvalue weighted by atomic mass is 9.99. The first-order valence-electron chi connectivity index (χ1n) is 21.4. The second-order valence-electron chi connectivity index (χ2n) is 14.8. The molecular weight excluding hydrogens is 676 g/mol. The van der Waals surface area contributed by atoms with Crippen LogP contribution >= 0.6 is 0 Å². The van der Waals surface area contributed by atoms with E-state index in [-0.39, 0.29) is 32.0 Å². The number of hydrogen-bond acceptors (Lipinski definition) is 10. The Morgan fingerprint density at radius 2 is 1.00 bits per heavy atom. The molecule has 0 aromatic rings. The van der Waals surface area contributed by atoms with Crippen LogP contribution in [-0.2, 0) is 28.5 Å². The van der Waals surface area contributed by atoms with E-state index in [0.717, 1.165) is 70.6 Å². The van der Waals surface area contributed by atoms with Gasteiger partial charge in [-0.1, -0.05) is 128 Å². The molecule has 0 aliphatic carbocycles. The highest BCUT2D eigenvalue weighted by molar-refractivity contribution is 5.70. The van der Waals surface area contributed by atoms with Gasteiger partial charge in [0.25, 0.3) is 0 Å².